The standard InChI is InChI=1S/C21H20/c1-4-21(3)19-13-14(2)9-11-17(19)18-12-10-15-7-5-6-8-16(15)20(18)21/h5-13H,4H2,1-3H3. The van der Waals surface area contributed by atoms with E-state index in [1.54, 1.807) is 0 Å². The maximum Gasteiger partial charge on any atom is 0.0190 e. The quantitative estimate of drug-likeness (QED) is 0.521. The number of aryl methyl sites for hydroxylation is 1. The van der Waals surface area contributed by atoms with Gasteiger partial charge in [0.25, 0.3) is 0 Å². The van der Waals surface area contributed by atoms with Gasteiger partial charge in [-0.3, -0.25) is 0 Å². The number of hydrogen-bond donors (Lipinski definition) is 0. The van der Waals surface area contributed by atoms with Crippen molar-refractivity contribution >= 4 is 10.8 Å². The van der Waals surface area contributed by atoms with Crippen LogP contribution in [0.25, 0.3) is 21.9 Å². The molecule has 0 fully saturated rings. The van der Waals surface area contributed by atoms with E-state index in [2.05, 4.69) is 75.4 Å². The molecule has 0 heterocycles. The lowest BCUT2D eigenvalue weighted by Gasteiger charge is -2.27. The number of benzene rings is 3. The van der Waals surface area contributed by atoms with Crippen LogP contribution in [0.4, 0.5) is 0 Å². The highest BCUT2D eigenvalue weighted by Crippen LogP contribution is 2.53. The Morgan fingerprint density at radius 2 is 1.67 bits per heavy atom. The Morgan fingerprint density at radius 3 is 2.48 bits per heavy atom. The van der Waals surface area contributed by atoms with Crippen LogP contribution >= 0.6 is 0 Å². The Kier molecular flexibility index (Phi) is 2.53. The van der Waals surface area contributed by atoms with Crippen LogP contribution in [0.2, 0.25) is 0 Å². The topological polar surface area (TPSA) is 0 Å². The van der Waals surface area contributed by atoms with Crippen LogP contribution in [0.3, 0.4) is 0 Å². The maximum absolute atomic E-state index is 2.41. The lowest BCUT2D eigenvalue weighted by Crippen LogP contribution is -2.19. The van der Waals surface area contributed by atoms with Crippen molar-refractivity contribution in [1.82, 2.24) is 0 Å². The molecule has 0 spiro atoms. The van der Waals surface area contributed by atoms with Crippen molar-refractivity contribution < 1.29 is 0 Å². The summed E-state index contributed by atoms with van der Waals surface area (Å²) < 4.78 is 0. The molecule has 0 radical (unpaired) electrons. The highest BCUT2D eigenvalue weighted by atomic mass is 14.4. The van der Waals surface area contributed by atoms with E-state index < -0.39 is 0 Å². The van der Waals surface area contributed by atoms with Crippen molar-refractivity contribution in [2.75, 3.05) is 0 Å². The second-order valence-electron chi connectivity index (χ2n) is 6.44. The molecule has 0 saturated carbocycles. The molecule has 3 aromatic carbocycles. The van der Waals surface area contributed by atoms with Gasteiger partial charge in [0.05, 0.1) is 0 Å². The molecule has 1 atom stereocenters. The lowest BCUT2D eigenvalue weighted by molar-refractivity contribution is 0.568. The zero-order chi connectivity index (χ0) is 14.6. The first kappa shape index (κ1) is 12.6. The van der Waals surface area contributed by atoms with E-state index in [-0.39, 0.29) is 5.41 Å². The number of rotatable bonds is 1. The Hall–Kier alpha value is -2.08. The van der Waals surface area contributed by atoms with Gasteiger partial charge in [0.2, 0.25) is 0 Å². The van der Waals surface area contributed by atoms with Gasteiger partial charge in [-0.2, -0.15) is 0 Å². The van der Waals surface area contributed by atoms with E-state index >= 15 is 0 Å². The normalized spacial score (nSPS) is 19.6. The average Bonchev–Trinajstić information content (AvgIpc) is 2.77. The van der Waals surface area contributed by atoms with Crippen LogP contribution in [-0.4, -0.2) is 0 Å². The van der Waals surface area contributed by atoms with Gasteiger partial charge in [0.15, 0.2) is 0 Å². The molecule has 4 rings (SSSR count). The maximum atomic E-state index is 2.41. The number of fused-ring (bicyclic) bond motifs is 5. The van der Waals surface area contributed by atoms with Crippen molar-refractivity contribution in [3.63, 3.8) is 0 Å². The third-order valence-electron chi connectivity index (χ3n) is 5.25. The molecule has 0 heteroatoms. The van der Waals surface area contributed by atoms with Gasteiger partial charge in [-0.15, -0.1) is 0 Å². The first-order valence-electron chi connectivity index (χ1n) is 7.79. The summed E-state index contributed by atoms with van der Waals surface area (Å²) in [4.78, 5) is 0. The first-order chi connectivity index (χ1) is 10.1. The average molecular weight is 272 g/mol. The minimum atomic E-state index is 0.123. The second-order valence-corrected chi connectivity index (χ2v) is 6.44. The van der Waals surface area contributed by atoms with E-state index in [0.717, 1.165) is 6.42 Å². The fourth-order valence-corrected chi connectivity index (χ4v) is 3.94. The van der Waals surface area contributed by atoms with Crippen LogP contribution in [0.1, 0.15) is 37.0 Å². The van der Waals surface area contributed by atoms with Crippen LogP contribution in [0.5, 0.6) is 0 Å². The van der Waals surface area contributed by atoms with Gasteiger partial charge in [0, 0.05) is 5.41 Å². The minimum absolute atomic E-state index is 0.123. The molecule has 0 saturated heterocycles. The highest BCUT2D eigenvalue weighted by molar-refractivity contribution is 5.97. The van der Waals surface area contributed by atoms with Crippen LogP contribution in [-0.2, 0) is 5.41 Å². The van der Waals surface area contributed by atoms with Gasteiger partial charge in [0.1, 0.15) is 0 Å². The van der Waals surface area contributed by atoms with Gasteiger partial charge >= 0.3 is 0 Å². The monoisotopic (exact) mass is 272 g/mol. The summed E-state index contributed by atoms with van der Waals surface area (Å²) in [5.41, 5.74) is 7.33. The molecule has 0 aliphatic heterocycles. The third kappa shape index (κ3) is 1.56. The second kappa shape index (κ2) is 4.21. The van der Waals surface area contributed by atoms with Crippen molar-refractivity contribution in [2.24, 2.45) is 0 Å². The predicted octanol–water partition coefficient (Wildman–Crippen LogP) is 5.84. The van der Waals surface area contributed by atoms with Crippen molar-refractivity contribution in [1.29, 1.82) is 0 Å². The van der Waals surface area contributed by atoms with E-state index in [0.29, 0.717) is 0 Å². The molecular formula is C21H20. The number of hydrogen-bond acceptors (Lipinski definition) is 0. The predicted molar refractivity (Wildman–Crippen MR) is 90.9 cm³/mol. The Bertz CT molecular complexity index is 857. The highest BCUT2D eigenvalue weighted by Gasteiger charge is 2.39. The van der Waals surface area contributed by atoms with Gasteiger partial charge < -0.3 is 0 Å². The summed E-state index contributed by atoms with van der Waals surface area (Å²) in [5.74, 6) is 0. The van der Waals surface area contributed by atoms with Crippen LogP contribution in [0.15, 0.2) is 54.6 Å². The van der Waals surface area contributed by atoms with Gasteiger partial charge in [-0.25, -0.2) is 0 Å². The molecule has 1 aliphatic carbocycles. The SMILES string of the molecule is CCC1(C)c2cc(C)ccc2-c2ccc3ccccc3c21. The zero-order valence-corrected chi connectivity index (χ0v) is 12.9. The Morgan fingerprint density at radius 1 is 0.905 bits per heavy atom. The fraction of sp³-hybridized carbons (Fsp3) is 0.238. The van der Waals surface area contributed by atoms with Gasteiger partial charge in [-0.1, -0.05) is 74.0 Å². The van der Waals surface area contributed by atoms with Crippen molar-refractivity contribution in [3.8, 4) is 11.1 Å². The molecule has 104 valence electrons. The van der Waals surface area contributed by atoms with Crippen molar-refractivity contribution in [3.05, 3.63) is 71.3 Å². The summed E-state index contributed by atoms with van der Waals surface area (Å²) in [6.07, 6.45) is 1.13. The summed E-state index contributed by atoms with van der Waals surface area (Å²) in [6, 6.07) is 20.3. The van der Waals surface area contributed by atoms with Gasteiger partial charge in [-0.05, 0) is 46.4 Å². The summed E-state index contributed by atoms with van der Waals surface area (Å²) in [5, 5.41) is 2.76. The summed E-state index contributed by atoms with van der Waals surface area (Å²) in [6.45, 7) is 6.91. The molecule has 3 aromatic rings. The molecule has 0 N–H and O–H groups in total. The molecular weight excluding hydrogens is 252 g/mol. The third-order valence-corrected chi connectivity index (χ3v) is 5.25. The molecule has 21 heavy (non-hydrogen) atoms. The zero-order valence-electron chi connectivity index (χ0n) is 12.9. The fourth-order valence-electron chi connectivity index (χ4n) is 3.94. The molecule has 0 nitrogen and oxygen atoms in total. The molecule has 0 amide bonds. The largest absolute Gasteiger partial charge is 0.0642 e. The van der Waals surface area contributed by atoms with Crippen LogP contribution < -0.4 is 0 Å². The Labute approximate surface area is 126 Å². The van der Waals surface area contributed by atoms with Crippen LogP contribution in [0, 0.1) is 6.92 Å². The van der Waals surface area contributed by atoms with E-state index in [9.17, 15) is 0 Å². The lowest BCUT2D eigenvalue weighted by atomic mass is 9.76. The minimum Gasteiger partial charge on any atom is -0.0642 e. The van der Waals surface area contributed by atoms with E-state index in [4.69, 9.17) is 0 Å². The smallest absolute Gasteiger partial charge is 0.0190 e. The molecule has 1 unspecified atom stereocenters. The van der Waals surface area contributed by atoms with E-state index in [1.165, 1.54) is 38.6 Å². The summed E-state index contributed by atoms with van der Waals surface area (Å²) in [7, 11) is 0. The first-order valence-corrected chi connectivity index (χ1v) is 7.79. The summed E-state index contributed by atoms with van der Waals surface area (Å²) >= 11 is 0. The van der Waals surface area contributed by atoms with E-state index in [1.807, 2.05) is 0 Å². The molecule has 0 aromatic heterocycles. The Balaban J connectivity index is 2.17. The van der Waals surface area contributed by atoms with Crippen molar-refractivity contribution in [2.45, 2.75) is 32.6 Å². The molecule has 1 aliphatic rings. The molecule has 0 bridgehead atoms.